The molecule has 1 fully saturated rings. The van der Waals surface area contributed by atoms with Crippen LogP contribution in [0.5, 0.6) is 0 Å². The zero-order valence-corrected chi connectivity index (χ0v) is 25.6. The molecule has 224 valence electrons. The average Bonchev–Trinajstić information content (AvgIpc) is 3.50. The summed E-state index contributed by atoms with van der Waals surface area (Å²) >= 11 is 0. The second kappa shape index (κ2) is 10.4. The fraction of sp³-hybridized carbons (Fsp3) is 0.212. The molecule has 5 aromatic rings. The minimum atomic E-state index is -4.05. The third-order valence-electron chi connectivity index (χ3n) is 8.60. The minimum Gasteiger partial charge on any atom is -0.399 e. The molecule has 1 aliphatic heterocycles. The molecule has 6 rings (SSSR count). The Morgan fingerprint density at radius 2 is 1.48 bits per heavy atom. The van der Waals surface area contributed by atoms with E-state index in [2.05, 4.69) is 4.98 Å². The topological polar surface area (TPSA) is 134 Å². The Hall–Kier alpha value is -4.29. The lowest BCUT2D eigenvalue weighted by atomic mass is 9.79. The number of hydrogen-bond acceptors (Lipinski definition) is 7. The highest BCUT2D eigenvalue weighted by molar-refractivity contribution is 7.90. The molecule has 11 heteroatoms. The van der Waals surface area contributed by atoms with Gasteiger partial charge in [-0.15, -0.1) is 0 Å². The van der Waals surface area contributed by atoms with Gasteiger partial charge in [-0.05, 0) is 68.7 Å². The lowest BCUT2D eigenvalue weighted by Crippen LogP contribution is -2.42. The van der Waals surface area contributed by atoms with Crippen molar-refractivity contribution in [3.63, 3.8) is 0 Å². The molecule has 0 spiro atoms. The first-order chi connectivity index (χ1) is 20.8. The summed E-state index contributed by atoms with van der Waals surface area (Å²) in [7, 11) is -4.78. The molecule has 1 atom stereocenters. The summed E-state index contributed by atoms with van der Waals surface area (Å²) in [6, 6.07) is 25.0. The van der Waals surface area contributed by atoms with Crippen molar-refractivity contribution in [3.8, 4) is 11.1 Å². The molecular weight excluding hydrogens is 577 g/mol. The number of benzene rings is 3. The Labute approximate surface area is 256 Å². The number of aromatic nitrogens is 2. The van der Waals surface area contributed by atoms with Crippen LogP contribution in [0.25, 0.3) is 22.2 Å². The fourth-order valence-corrected chi connectivity index (χ4v) is 6.71. The molecule has 44 heavy (non-hydrogen) atoms. The van der Waals surface area contributed by atoms with Crippen LogP contribution in [0.3, 0.4) is 0 Å². The van der Waals surface area contributed by atoms with E-state index in [4.69, 9.17) is 15.0 Å². The standard InChI is InChI=1S/C33H32BN3O6S/c1-31(2)32(3,4)43-34(42-31)25-19-27-28(21-37(29(27)36-20-25)44(40,41)26-16-9-6-10-17-26)22-12-11-15-24(18-22)33(39,30(35)38)23-13-7-5-8-14-23/h5-21,39H,1-4H3,(H2,35,38). The number of aliphatic hydroxyl groups is 1. The van der Waals surface area contributed by atoms with Crippen molar-refractivity contribution in [1.82, 2.24) is 8.96 Å². The predicted octanol–water partition coefficient (Wildman–Crippen LogP) is 3.96. The average molecular weight is 610 g/mol. The number of pyridine rings is 1. The van der Waals surface area contributed by atoms with Gasteiger partial charge >= 0.3 is 7.12 Å². The summed E-state index contributed by atoms with van der Waals surface area (Å²) in [6.07, 6.45) is 3.06. The molecule has 3 N–H and O–H groups in total. The number of primary amides is 1. The highest BCUT2D eigenvalue weighted by Gasteiger charge is 2.52. The Balaban J connectivity index is 1.56. The van der Waals surface area contributed by atoms with Gasteiger partial charge in [0.05, 0.1) is 16.1 Å². The first kappa shape index (κ1) is 29.8. The van der Waals surface area contributed by atoms with E-state index in [1.807, 2.05) is 27.7 Å². The Kier molecular flexibility index (Phi) is 7.05. The van der Waals surface area contributed by atoms with Gasteiger partial charge in [-0.1, -0.05) is 66.7 Å². The van der Waals surface area contributed by atoms with Crippen LogP contribution in [0, 0.1) is 0 Å². The Morgan fingerprint density at radius 1 is 0.886 bits per heavy atom. The zero-order valence-electron chi connectivity index (χ0n) is 24.8. The first-order valence-electron chi connectivity index (χ1n) is 14.1. The molecule has 1 aliphatic rings. The van der Waals surface area contributed by atoms with E-state index < -0.39 is 39.9 Å². The molecule has 2 aromatic heterocycles. The zero-order chi connectivity index (χ0) is 31.5. The van der Waals surface area contributed by atoms with E-state index in [1.165, 1.54) is 18.3 Å². The molecule has 0 radical (unpaired) electrons. The van der Waals surface area contributed by atoms with E-state index in [0.717, 1.165) is 3.97 Å². The van der Waals surface area contributed by atoms with Crippen LogP contribution in [0.2, 0.25) is 0 Å². The van der Waals surface area contributed by atoms with Crippen molar-refractivity contribution in [1.29, 1.82) is 0 Å². The number of nitrogens with zero attached hydrogens (tertiary/aromatic N) is 2. The van der Waals surface area contributed by atoms with Gasteiger partial charge in [-0.2, -0.15) is 0 Å². The molecule has 0 saturated carbocycles. The molecule has 3 aromatic carbocycles. The molecule has 9 nitrogen and oxygen atoms in total. The number of hydrogen-bond donors (Lipinski definition) is 2. The first-order valence-corrected chi connectivity index (χ1v) is 15.6. The van der Waals surface area contributed by atoms with Gasteiger partial charge in [0, 0.05) is 28.8 Å². The molecule has 3 heterocycles. The maximum atomic E-state index is 13.9. The van der Waals surface area contributed by atoms with Crippen LogP contribution in [0.4, 0.5) is 0 Å². The lowest BCUT2D eigenvalue weighted by molar-refractivity contribution is -0.133. The maximum absolute atomic E-state index is 13.9. The number of carbonyl (C=O) groups is 1. The predicted molar refractivity (Wildman–Crippen MR) is 169 cm³/mol. The number of carbonyl (C=O) groups excluding carboxylic acids is 1. The van der Waals surface area contributed by atoms with Crippen molar-refractivity contribution in [3.05, 3.63) is 115 Å². The molecule has 0 aliphatic carbocycles. The lowest BCUT2D eigenvalue weighted by Gasteiger charge is -2.32. The van der Waals surface area contributed by atoms with Crippen molar-refractivity contribution in [2.24, 2.45) is 5.73 Å². The van der Waals surface area contributed by atoms with Gasteiger partial charge in [0.1, 0.15) is 0 Å². The number of fused-ring (bicyclic) bond motifs is 1. The molecule has 1 amide bonds. The largest absolute Gasteiger partial charge is 0.496 e. The van der Waals surface area contributed by atoms with Gasteiger partial charge in [-0.3, -0.25) is 4.79 Å². The summed E-state index contributed by atoms with van der Waals surface area (Å²) in [5.74, 6) is -0.945. The van der Waals surface area contributed by atoms with Crippen LogP contribution >= 0.6 is 0 Å². The monoisotopic (exact) mass is 609 g/mol. The molecule has 0 bridgehead atoms. The van der Waals surface area contributed by atoms with E-state index in [-0.39, 0.29) is 16.1 Å². The summed E-state index contributed by atoms with van der Waals surface area (Å²) in [5, 5.41) is 12.2. The Bertz CT molecular complexity index is 1980. The van der Waals surface area contributed by atoms with E-state index in [9.17, 15) is 18.3 Å². The van der Waals surface area contributed by atoms with Gasteiger partial charge in [-0.25, -0.2) is 17.4 Å². The summed E-state index contributed by atoms with van der Waals surface area (Å²) < 4.78 is 41.4. The molecule has 1 saturated heterocycles. The molecule has 1 unspecified atom stereocenters. The quantitative estimate of drug-likeness (QED) is 0.267. The number of rotatable bonds is 7. The van der Waals surface area contributed by atoms with E-state index in [1.54, 1.807) is 85.1 Å². The van der Waals surface area contributed by atoms with Gasteiger partial charge in [0.15, 0.2) is 11.2 Å². The van der Waals surface area contributed by atoms with Crippen molar-refractivity contribution in [2.75, 3.05) is 0 Å². The normalized spacial score (nSPS) is 17.4. The summed E-state index contributed by atoms with van der Waals surface area (Å²) in [5.41, 5.74) is 4.84. The smallest absolute Gasteiger partial charge is 0.399 e. The van der Waals surface area contributed by atoms with Crippen LogP contribution in [0.15, 0.2) is 108 Å². The third-order valence-corrected chi connectivity index (χ3v) is 10.3. The number of nitrogens with two attached hydrogens (primary N) is 1. The number of amides is 1. The van der Waals surface area contributed by atoms with Gasteiger partial charge in [0.2, 0.25) is 0 Å². The second-order valence-corrected chi connectivity index (χ2v) is 13.7. The van der Waals surface area contributed by atoms with Crippen LogP contribution < -0.4 is 11.2 Å². The fourth-order valence-electron chi connectivity index (χ4n) is 5.37. The van der Waals surface area contributed by atoms with Gasteiger partial charge < -0.3 is 20.1 Å². The minimum absolute atomic E-state index is 0.0983. The maximum Gasteiger partial charge on any atom is 0.496 e. The van der Waals surface area contributed by atoms with Crippen molar-refractivity contribution < 1.29 is 27.6 Å². The second-order valence-electron chi connectivity index (χ2n) is 11.9. The SMILES string of the molecule is CC1(C)OB(c2cnc3c(c2)c(-c2cccc(C(O)(C(N)=O)c4ccccc4)c2)cn3S(=O)(=O)c2ccccc2)OC1(C)C. The Morgan fingerprint density at radius 3 is 2.09 bits per heavy atom. The van der Waals surface area contributed by atoms with Crippen LogP contribution in [-0.2, 0) is 29.7 Å². The summed E-state index contributed by atoms with van der Waals surface area (Å²) in [6.45, 7) is 7.80. The van der Waals surface area contributed by atoms with Gasteiger partial charge in [0.25, 0.3) is 15.9 Å². The highest BCUT2D eigenvalue weighted by atomic mass is 32.2. The molecular formula is C33H32BN3O6S. The van der Waals surface area contributed by atoms with E-state index in [0.29, 0.717) is 27.5 Å². The third kappa shape index (κ3) is 4.73. The van der Waals surface area contributed by atoms with Crippen molar-refractivity contribution in [2.45, 2.75) is 49.4 Å². The van der Waals surface area contributed by atoms with Crippen molar-refractivity contribution >= 4 is 39.5 Å². The van der Waals surface area contributed by atoms with Crippen LogP contribution in [0.1, 0.15) is 38.8 Å². The highest BCUT2D eigenvalue weighted by Crippen LogP contribution is 2.38. The van der Waals surface area contributed by atoms with E-state index >= 15 is 0 Å². The van der Waals surface area contributed by atoms with Crippen LogP contribution in [-0.4, -0.2) is 46.7 Å². The summed E-state index contributed by atoms with van der Waals surface area (Å²) in [4.78, 5) is 17.4.